The zero-order chi connectivity index (χ0) is 17.3. The van der Waals surface area contributed by atoms with Crippen LogP contribution in [-0.2, 0) is 0 Å². The van der Waals surface area contributed by atoms with Gasteiger partial charge in [-0.05, 0) is 30.3 Å². The number of fused-ring (bicyclic) bond motifs is 1. The minimum absolute atomic E-state index is 0.107. The van der Waals surface area contributed by atoms with Crippen LogP contribution in [0.4, 0.5) is 5.69 Å². The quantitative estimate of drug-likeness (QED) is 0.434. The van der Waals surface area contributed by atoms with Gasteiger partial charge in [0.15, 0.2) is 0 Å². The molecular weight excluding hydrogens is 371 g/mol. The third-order valence-electron chi connectivity index (χ3n) is 3.31. The Morgan fingerprint density at radius 3 is 2.75 bits per heavy atom. The first-order valence-corrected chi connectivity index (χ1v) is 8.31. The number of benzene rings is 2. The molecule has 0 fully saturated rings. The number of hydrogen-bond acceptors (Lipinski definition) is 5. The van der Waals surface area contributed by atoms with Gasteiger partial charge in [0.05, 0.1) is 28.0 Å². The summed E-state index contributed by atoms with van der Waals surface area (Å²) in [5.41, 5.74) is 0.188. The lowest BCUT2D eigenvalue weighted by Crippen LogP contribution is -1.96. The Morgan fingerprint density at radius 2 is 2.04 bits per heavy atom. The molecule has 3 aromatic rings. The summed E-state index contributed by atoms with van der Waals surface area (Å²) in [4.78, 5) is 16.4. The Balaban J connectivity index is 2.25. The van der Waals surface area contributed by atoms with E-state index in [1.165, 1.54) is 31.1 Å². The van der Waals surface area contributed by atoms with Gasteiger partial charge in [-0.3, -0.25) is 10.1 Å². The van der Waals surface area contributed by atoms with E-state index in [4.69, 9.17) is 27.9 Å². The summed E-state index contributed by atoms with van der Waals surface area (Å²) in [6, 6.07) is 9.98. The van der Waals surface area contributed by atoms with Crippen LogP contribution in [0.3, 0.4) is 0 Å². The molecule has 8 heteroatoms. The van der Waals surface area contributed by atoms with Gasteiger partial charge < -0.3 is 4.74 Å². The fourth-order valence-electron chi connectivity index (χ4n) is 2.24. The van der Waals surface area contributed by atoms with Crippen molar-refractivity contribution in [1.29, 1.82) is 0 Å². The standard InChI is InChI=1S/C16H10Cl2N2O3S/c1-23-13-8-12(20(21)22)15-10(3-2-6-19-15)16(13)24-14-7-9(17)4-5-11(14)18/h2-8H,1H3. The first-order valence-electron chi connectivity index (χ1n) is 6.74. The Hall–Kier alpha value is -2.02. The SMILES string of the molecule is COc1cc([N+](=O)[O-])c2ncccc2c1Sc1cc(Cl)ccc1Cl. The summed E-state index contributed by atoms with van der Waals surface area (Å²) in [6.07, 6.45) is 1.52. The molecule has 0 spiro atoms. The average molecular weight is 381 g/mol. The molecule has 0 saturated heterocycles. The van der Waals surface area contributed by atoms with Crippen LogP contribution in [0.15, 0.2) is 52.4 Å². The molecule has 1 heterocycles. The van der Waals surface area contributed by atoms with Gasteiger partial charge in [0.25, 0.3) is 5.69 Å². The third kappa shape index (κ3) is 3.13. The van der Waals surface area contributed by atoms with Crippen molar-refractivity contribution in [1.82, 2.24) is 4.98 Å². The number of pyridine rings is 1. The zero-order valence-electron chi connectivity index (χ0n) is 12.3. The Morgan fingerprint density at radius 1 is 1.25 bits per heavy atom. The number of nitro groups is 1. The second-order valence-electron chi connectivity index (χ2n) is 4.76. The number of methoxy groups -OCH3 is 1. The van der Waals surface area contributed by atoms with Crippen molar-refractivity contribution in [2.75, 3.05) is 7.11 Å². The zero-order valence-corrected chi connectivity index (χ0v) is 14.7. The molecule has 2 aromatic carbocycles. The highest BCUT2D eigenvalue weighted by Crippen LogP contribution is 2.45. The monoisotopic (exact) mass is 380 g/mol. The van der Waals surface area contributed by atoms with Crippen molar-refractivity contribution >= 4 is 51.6 Å². The Kier molecular flexibility index (Phi) is 4.80. The van der Waals surface area contributed by atoms with Gasteiger partial charge in [-0.25, -0.2) is 4.98 Å². The predicted molar refractivity (Wildman–Crippen MR) is 95.5 cm³/mol. The van der Waals surface area contributed by atoms with Crippen LogP contribution in [0.1, 0.15) is 0 Å². The van der Waals surface area contributed by atoms with Crippen molar-refractivity contribution in [3.63, 3.8) is 0 Å². The highest BCUT2D eigenvalue weighted by Gasteiger charge is 2.22. The number of rotatable bonds is 4. The summed E-state index contributed by atoms with van der Waals surface area (Å²) in [7, 11) is 1.46. The summed E-state index contributed by atoms with van der Waals surface area (Å²) < 4.78 is 5.36. The van der Waals surface area contributed by atoms with Gasteiger partial charge in [-0.1, -0.05) is 35.0 Å². The molecule has 0 atom stereocenters. The van der Waals surface area contributed by atoms with E-state index in [0.717, 1.165) is 4.90 Å². The van der Waals surface area contributed by atoms with E-state index in [2.05, 4.69) is 4.98 Å². The van der Waals surface area contributed by atoms with Crippen molar-refractivity contribution in [3.8, 4) is 5.75 Å². The molecule has 0 aliphatic carbocycles. The molecule has 3 rings (SSSR count). The molecule has 0 radical (unpaired) electrons. The summed E-state index contributed by atoms with van der Waals surface area (Å²) >= 11 is 13.6. The first kappa shape index (κ1) is 16.8. The smallest absolute Gasteiger partial charge is 0.299 e. The molecular formula is C16H10Cl2N2O3S. The Bertz CT molecular complexity index is 950. The highest BCUT2D eigenvalue weighted by molar-refractivity contribution is 7.99. The lowest BCUT2D eigenvalue weighted by molar-refractivity contribution is -0.383. The normalized spacial score (nSPS) is 10.8. The number of hydrogen-bond donors (Lipinski definition) is 0. The molecule has 0 saturated carbocycles. The molecule has 0 aliphatic heterocycles. The van der Waals surface area contributed by atoms with Gasteiger partial charge >= 0.3 is 0 Å². The molecule has 24 heavy (non-hydrogen) atoms. The maximum Gasteiger partial charge on any atom is 0.299 e. The molecule has 0 aliphatic rings. The molecule has 5 nitrogen and oxygen atoms in total. The van der Waals surface area contributed by atoms with Crippen molar-refractivity contribution < 1.29 is 9.66 Å². The molecule has 0 unspecified atom stereocenters. The molecule has 122 valence electrons. The van der Waals surface area contributed by atoms with Gasteiger partial charge in [-0.15, -0.1) is 0 Å². The molecule has 0 amide bonds. The van der Waals surface area contributed by atoms with Gasteiger partial charge in [0.2, 0.25) is 0 Å². The maximum atomic E-state index is 11.3. The maximum absolute atomic E-state index is 11.3. The minimum atomic E-state index is -0.474. The lowest BCUT2D eigenvalue weighted by atomic mass is 10.2. The largest absolute Gasteiger partial charge is 0.495 e. The summed E-state index contributed by atoms with van der Waals surface area (Å²) in [6.45, 7) is 0. The number of ether oxygens (including phenoxy) is 1. The lowest BCUT2D eigenvalue weighted by Gasteiger charge is -2.12. The van der Waals surface area contributed by atoms with E-state index in [1.807, 2.05) is 0 Å². The highest BCUT2D eigenvalue weighted by atomic mass is 35.5. The van der Waals surface area contributed by atoms with Crippen LogP contribution in [0, 0.1) is 10.1 Å². The second-order valence-corrected chi connectivity index (χ2v) is 6.66. The number of halogens is 2. The predicted octanol–water partition coefficient (Wildman–Crippen LogP) is 5.61. The van der Waals surface area contributed by atoms with E-state index in [9.17, 15) is 10.1 Å². The van der Waals surface area contributed by atoms with Crippen molar-refractivity contribution in [2.45, 2.75) is 9.79 Å². The summed E-state index contributed by atoms with van der Waals surface area (Å²) in [5, 5.41) is 13.0. The topological polar surface area (TPSA) is 65.3 Å². The fourth-order valence-corrected chi connectivity index (χ4v) is 3.80. The fraction of sp³-hybridized carbons (Fsp3) is 0.0625. The number of aromatic nitrogens is 1. The summed E-state index contributed by atoms with van der Waals surface area (Å²) in [5.74, 6) is 0.378. The molecule has 0 bridgehead atoms. The van der Waals surface area contributed by atoms with Gasteiger partial charge in [0.1, 0.15) is 11.3 Å². The van der Waals surface area contributed by atoms with Crippen LogP contribution in [0.25, 0.3) is 10.9 Å². The minimum Gasteiger partial charge on any atom is -0.495 e. The number of non-ortho nitro benzene ring substituents is 1. The van der Waals surface area contributed by atoms with E-state index in [-0.39, 0.29) is 5.69 Å². The van der Waals surface area contributed by atoms with Gasteiger partial charge in [0, 0.05) is 21.5 Å². The van der Waals surface area contributed by atoms with Gasteiger partial charge in [-0.2, -0.15) is 0 Å². The van der Waals surface area contributed by atoms with Crippen LogP contribution >= 0.6 is 35.0 Å². The second kappa shape index (κ2) is 6.84. The van der Waals surface area contributed by atoms with Crippen LogP contribution in [0.2, 0.25) is 10.0 Å². The van der Waals surface area contributed by atoms with Crippen molar-refractivity contribution in [3.05, 3.63) is 62.8 Å². The van der Waals surface area contributed by atoms with E-state index < -0.39 is 4.92 Å². The molecule has 0 N–H and O–H groups in total. The average Bonchev–Trinajstić information content (AvgIpc) is 2.58. The first-order chi connectivity index (χ1) is 11.5. The molecule has 1 aromatic heterocycles. The third-order valence-corrected chi connectivity index (χ3v) is 5.17. The van der Waals surface area contributed by atoms with Crippen LogP contribution in [0.5, 0.6) is 5.75 Å². The van der Waals surface area contributed by atoms with Crippen LogP contribution < -0.4 is 4.74 Å². The number of nitrogens with zero attached hydrogens (tertiary/aromatic N) is 2. The van der Waals surface area contributed by atoms with Crippen molar-refractivity contribution in [2.24, 2.45) is 0 Å². The van der Waals surface area contributed by atoms with E-state index in [0.29, 0.717) is 31.6 Å². The van der Waals surface area contributed by atoms with Crippen LogP contribution in [-0.4, -0.2) is 17.0 Å². The van der Waals surface area contributed by atoms with E-state index in [1.54, 1.807) is 30.3 Å². The Labute approximate surface area is 151 Å². The van der Waals surface area contributed by atoms with E-state index >= 15 is 0 Å². The number of nitro benzene ring substituents is 1.